The first-order chi connectivity index (χ1) is 9.20. The molecule has 19 heavy (non-hydrogen) atoms. The number of hydrogen-bond donors (Lipinski definition) is 1. The Bertz CT molecular complexity index is 302. The summed E-state index contributed by atoms with van der Waals surface area (Å²) in [5.74, 6) is 0.781. The van der Waals surface area contributed by atoms with Gasteiger partial charge < -0.3 is 5.32 Å². The number of rotatable bonds is 4. The van der Waals surface area contributed by atoms with Gasteiger partial charge in [-0.1, -0.05) is 13.8 Å². The molecule has 0 amide bonds. The van der Waals surface area contributed by atoms with Crippen molar-refractivity contribution in [2.75, 3.05) is 26.2 Å². The third-order valence-corrected chi connectivity index (χ3v) is 5.81. The van der Waals surface area contributed by atoms with Crippen LogP contribution in [0.5, 0.6) is 0 Å². The van der Waals surface area contributed by atoms with E-state index >= 15 is 0 Å². The van der Waals surface area contributed by atoms with Crippen molar-refractivity contribution in [1.29, 1.82) is 0 Å². The molecule has 0 aromatic heterocycles. The van der Waals surface area contributed by atoms with Crippen molar-refractivity contribution in [2.24, 2.45) is 5.92 Å². The molecule has 3 nitrogen and oxygen atoms in total. The molecule has 1 N–H and O–H groups in total. The first-order valence-corrected chi connectivity index (χ1v) is 8.44. The molecule has 3 rings (SSSR count). The van der Waals surface area contributed by atoms with E-state index in [0.29, 0.717) is 0 Å². The van der Waals surface area contributed by atoms with Gasteiger partial charge in [-0.25, -0.2) is 0 Å². The van der Waals surface area contributed by atoms with E-state index in [0.717, 1.165) is 36.6 Å². The molecule has 4 atom stereocenters. The van der Waals surface area contributed by atoms with E-state index < -0.39 is 0 Å². The minimum atomic E-state index is 0.734. The predicted octanol–water partition coefficient (Wildman–Crippen LogP) is 1.93. The van der Waals surface area contributed by atoms with Crippen molar-refractivity contribution in [1.82, 2.24) is 15.1 Å². The van der Waals surface area contributed by atoms with Gasteiger partial charge in [0.1, 0.15) is 0 Å². The van der Waals surface area contributed by atoms with Crippen LogP contribution in [0, 0.1) is 5.92 Å². The lowest BCUT2D eigenvalue weighted by Crippen LogP contribution is -2.56. The average Bonchev–Trinajstić information content (AvgIpc) is 3.14. The van der Waals surface area contributed by atoms with Crippen molar-refractivity contribution >= 4 is 0 Å². The van der Waals surface area contributed by atoms with Gasteiger partial charge in [-0.2, -0.15) is 0 Å². The predicted molar refractivity (Wildman–Crippen MR) is 80.4 cm³/mol. The van der Waals surface area contributed by atoms with E-state index in [4.69, 9.17) is 0 Å². The van der Waals surface area contributed by atoms with Crippen molar-refractivity contribution in [3.63, 3.8) is 0 Å². The van der Waals surface area contributed by atoms with Gasteiger partial charge in [0.25, 0.3) is 0 Å². The SMILES string of the molecule is CCNC1CCN(C2CCN(C3CC3)C2)C(C)C1C. The molecule has 2 saturated heterocycles. The number of piperidine rings is 1. The molecule has 0 aromatic rings. The zero-order valence-corrected chi connectivity index (χ0v) is 12.9. The number of hydrogen-bond acceptors (Lipinski definition) is 3. The molecule has 3 fully saturated rings. The summed E-state index contributed by atoms with van der Waals surface area (Å²) in [5.41, 5.74) is 0. The van der Waals surface area contributed by atoms with E-state index in [2.05, 4.69) is 35.9 Å². The average molecular weight is 265 g/mol. The number of likely N-dealkylation sites (tertiary alicyclic amines) is 2. The molecule has 0 aromatic carbocycles. The Morgan fingerprint density at radius 1 is 1.00 bits per heavy atom. The van der Waals surface area contributed by atoms with Crippen LogP contribution >= 0.6 is 0 Å². The van der Waals surface area contributed by atoms with Crippen LogP contribution < -0.4 is 5.32 Å². The molecule has 4 unspecified atom stereocenters. The van der Waals surface area contributed by atoms with Gasteiger partial charge in [0.15, 0.2) is 0 Å². The summed E-state index contributed by atoms with van der Waals surface area (Å²) < 4.78 is 0. The maximum absolute atomic E-state index is 3.68. The highest BCUT2D eigenvalue weighted by Gasteiger charge is 2.40. The van der Waals surface area contributed by atoms with Crippen molar-refractivity contribution in [2.45, 2.75) is 70.6 Å². The largest absolute Gasteiger partial charge is 0.314 e. The third-order valence-electron chi connectivity index (χ3n) is 5.81. The number of nitrogens with zero attached hydrogens (tertiary/aromatic N) is 2. The van der Waals surface area contributed by atoms with E-state index in [1.165, 1.54) is 45.3 Å². The van der Waals surface area contributed by atoms with Crippen molar-refractivity contribution in [3.05, 3.63) is 0 Å². The van der Waals surface area contributed by atoms with Gasteiger partial charge in [0.2, 0.25) is 0 Å². The molecule has 2 aliphatic heterocycles. The van der Waals surface area contributed by atoms with Crippen LogP contribution in [0.15, 0.2) is 0 Å². The lowest BCUT2D eigenvalue weighted by atomic mass is 9.86. The molecule has 0 spiro atoms. The third kappa shape index (κ3) is 2.84. The summed E-state index contributed by atoms with van der Waals surface area (Å²) in [6, 6.07) is 3.26. The zero-order valence-electron chi connectivity index (χ0n) is 12.9. The quantitative estimate of drug-likeness (QED) is 0.838. The van der Waals surface area contributed by atoms with Crippen LogP contribution in [-0.2, 0) is 0 Å². The summed E-state index contributed by atoms with van der Waals surface area (Å²) in [6.45, 7) is 12.2. The Labute approximate surface area is 118 Å². The second-order valence-corrected chi connectivity index (χ2v) is 6.96. The van der Waals surface area contributed by atoms with Gasteiger partial charge in [-0.05, 0) is 45.1 Å². The summed E-state index contributed by atoms with van der Waals surface area (Å²) >= 11 is 0. The Morgan fingerprint density at radius 2 is 1.79 bits per heavy atom. The molecule has 1 saturated carbocycles. The van der Waals surface area contributed by atoms with Crippen LogP contribution in [0.1, 0.15) is 46.5 Å². The summed E-state index contributed by atoms with van der Waals surface area (Å²) in [4.78, 5) is 5.57. The Hall–Kier alpha value is -0.120. The standard InChI is InChI=1S/C16H31N3/c1-4-17-16-8-10-19(13(3)12(16)2)15-7-9-18(11-15)14-5-6-14/h12-17H,4-11H2,1-3H3. The van der Waals surface area contributed by atoms with Crippen LogP contribution in [0.4, 0.5) is 0 Å². The van der Waals surface area contributed by atoms with E-state index in [-0.39, 0.29) is 0 Å². The zero-order chi connectivity index (χ0) is 13.4. The van der Waals surface area contributed by atoms with Gasteiger partial charge in [-0.15, -0.1) is 0 Å². The molecular formula is C16H31N3. The summed E-state index contributed by atoms with van der Waals surface area (Å²) in [5, 5.41) is 3.68. The van der Waals surface area contributed by atoms with Crippen LogP contribution in [-0.4, -0.2) is 60.1 Å². The van der Waals surface area contributed by atoms with E-state index in [1.54, 1.807) is 0 Å². The second kappa shape index (κ2) is 5.71. The van der Waals surface area contributed by atoms with Crippen molar-refractivity contribution < 1.29 is 0 Å². The lowest BCUT2D eigenvalue weighted by molar-refractivity contribution is 0.0494. The Balaban J connectivity index is 1.56. The van der Waals surface area contributed by atoms with Crippen molar-refractivity contribution in [3.8, 4) is 0 Å². The van der Waals surface area contributed by atoms with Gasteiger partial charge >= 0.3 is 0 Å². The highest BCUT2D eigenvalue weighted by atomic mass is 15.3. The fourth-order valence-corrected chi connectivity index (χ4v) is 4.27. The molecule has 0 radical (unpaired) electrons. The number of nitrogens with one attached hydrogen (secondary N) is 1. The molecular weight excluding hydrogens is 234 g/mol. The Kier molecular flexibility index (Phi) is 4.16. The van der Waals surface area contributed by atoms with Crippen LogP contribution in [0.25, 0.3) is 0 Å². The summed E-state index contributed by atoms with van der Waals surface area (Å²) in [6.07, 6.45) is 5.65. The minimum absolute atomic E-state index is 0.734. The van der Waals surface area contributed by atoms with Crippen LogP contribution in [0.2, 0.25) is 0 Å². The topological polar surface area (TPSA) is 18.5 Å². The fraction of sp³-hybridized carbons (Fsp3) is 1.00. The smallest absolute Gasteiger partial charge is 0.0238 e. The minimum Gasteiger partial charge on any atom is -0.314 e. The maximum Gasteiger partial charge on any atom is 0.0238 e. The molecule has 1 aliphatic carbocycles. The second-order valence-electron chi connectivity index (χ2n) is 6.96. The van der Waals surface area contributed by atoms with Gasteiger partial charge in [-0.3, -0.25) is 9.80 Å². The maximum atomic E-state index is 3.68. The van der Waals surface area contributed by atoms with E-state index in [9.17, 15) is 0 Å². The van der Waals surface area contributed by atoms with Gasteiger partial charge in [0, 0.05) is 43.8 Å². The summed E-state index contributed by atoms with van der Waals surface area (Å²) in [7, 11) is 0. The lowest BCUT2D eigenvalue weighted by Gasteiger charge is -2.45. The molecule has 2 heterocycles. The first kappa shape index (κ1) is 13.8. The van der Waals surface area contributed by atoms with Gasteiger partial charge in [0.05, 0.1) is 0 Å². The molecule has 3 aliphatic rings. The molecule has 110 valence electrons. The fourth-order valence-electron chi connectivity index (χ4n) is 4.27. The highest BCUT2D eigenvalue weighted by Crippen LogP contribution is 2.34. The monoisotopic (exact) mass is 265 g/mol. The first-order valence-electron chi connectivity index (χ1n) is 8.44. The molecule has 3 heteroatoms. The van der Waals surface area contributed by atoms with Crippen LogP contribution in [0.3, 0.4) is 0 Å². The normalized spacial score (nSPS) is 41.8. The Morgan fingerprint density at radius 3 is 2.47 bits per heavy atom. The highest BCUT2D eigenvalue weighted by molar-refractivity contribution is 4.97. The van der Waals surface area contributed by atoms with E-state index in [1.807, 2.05) is 0 Å². The molecule has 0 bridgehead atoms.